The summed E-state index contributed by atoms with van der Waals surface area (Å²) in [6, 6.07) is 9.83. The van der Waals surface area contributed by atoms with Gasteiger partial charge in [0.1, 0.15) is 6.54 Å². The van der Waals surface area contributed by atoms with Crippen LogP contribution in [0.1, 0.15) is 31.9 Å². The fraction of sp³-hybridized carbons (Fsp3) is 0.476. The number of amides is 1. The zero-order valence-electron chi connectivity index (χ0n) is 16.5. The van der Waals surface area contributed by atoms with Gasteiger partial charge in [-0.3, -0.25) is 19.2 Å². The topological polar surface area (TPSA) is 71.6 Å². The third kappa shape index (κ3) is 3.54. The summed E-state index contributed by atoms with van der Waals surface area (Å²) in [5, 5.41) is 3.93. The first kappa shape index (κ1) is 18.7. The Morgan fingerprint density at radius 3 is 2.93 bits per heavy atom. The van der Waals surface area contributed by atoms with E-state index in [1.165, 1.54) is 25.3 Å². The fourth-order valence-electron chi connectivity index (χ4n) is 4.24. The van der Waals surface area contributed by atoms with Crippen LogP contribution in [0.4, 0.5) is 0 Å². The van der Waals surface area contributed by atoms with E-state index in [2.05, 4.69) is 22.1 Å². The molecule has 7 nitrogen and oxygen atoms in total. The van der Waals surface area contributed by atoms with Crippen molar-refractivity contribution in [1.82, 2.24) is 24.4 Å². The summed E-state index contributed by atoms with van der Waals surface area (Å²) in [5.74, 6) is -0.0367. The zero-order chi connectivity index (χ0) is 19.7. The molecule has 0 aliphatic carbocycles. The number of piperidine rings is 1. The van der Waals surface area contributed by atoms with Crippen LogP contribution >= 0.6 is 0 Å². The normalized spacial score (nSPS) is 18.0. The van der Waals surface area contributed by atoms with Gasteiger partial charge in [-0.2, -0.15) is 4.98 Å². The Morgan fingerprint density at radius 1 is 1.29 bits per heavy atom. The Labute approximate surface area is 163 Å². The first-order chi connectivity index (χ1) is 13.5. The van der Waals surface area contributed by atoms with Crippen LogP contribution in [0.15, 0.2) is 35.1 Å². The van der Waals surface area contributed by atoms with Crippen molar-refractivity contribution < 1.29 is 4.79 Å². The van der Waals surface area contributed by atoms with Gasteiger partial charge in [0, 0.05) is 36.3 Å². The van der Waals surface area contributed by atoms with Crippen LogP contribution in [-0.2, 0) is 11.3 Å². The largest absolute Gasteiger partial charge is 0.353 e. The van der Waals surface area contributed by atoms with Crippen molar-refractivity contribution in [2.75, 3.05) is 19.6 Å². The van der Waals surface area contributed by atoms with E-state index in [-0.39, 0.29) is 18.0 Å². The van der Waals surface area contributed by atoms with Gasteiger partial charge < -0.3 is 5.32 Å². The minimum atomic E-state index is -0.263. The standard InChI is InChI=1S/C21H27N5O2/c1-15-7-5-6-11-24(15)12-10-22-20(28)14-25-18-9-4-3-8-17(18)21-23-19(27)13-16(2)26(21)25/h3-4,8-9,13,15H,5-7,10-12,14H2,1-2H3,(H,22,28)/t15-/m0/s1. The Bertz CT molecular complexity index is 1070. The molecular weight excluding hydrogens is 354 g/mol. The summed E-state index contributed by atoms with van der Waals surface area (Å²) in [6.07, 6.45) is 3.78. The maximum Gasteiger partial charge on any atom is 0.273 e. The second-order valence-corrected chi connectivity index (χ2v) is 7.68. The summed E-state index contributed by atoms with van der Waals surface area (Å²) in [4.78, 5) is 31.2. The van der Waals surface area contributed by atoms with E-state index < -0.39 is 0 Å². The average molecular weight is 381 g/mol. The highest BCUT2D eigenvalue weighted by molar-refractivity contribution is 5.93. The average Bonchev–Trinajstić information content (AvgIpc) is 2.97. The summed E-state index contributed by atoms with van der Waals surface area (Å²) in [7, 11) is 0. The van der Waals surface area contributed by atoms with Gasteiger partial charge >= 0.3 is 0 Å². The molecule has 1 fully saturated rings. The smallest absolute Gasteiger partial charge is 0.273 e. The molecule has 4 rings (SSSR count). The third-order valence-corrected chi connectivity index (χ3v) is 5.70. The van der Waals surface area contributed by atoms with Crippen LogP contribution in [0, 0.1) is 6.92 Å². The number of nitrogens with zero attached hydrogens (tertiary/aromatic N) is 4. The van der Waals surface area contributed by atoms with Gasteiger partial charge in [-0.1, -0.05) is 18.6 Å². The van der Waals surface area contributed by atoms with E-state index in [9.17, 15) is 9.59 Å². The van der Waals surface area contributed by atoms with Gasteiger partial charge in [0.2, 0.25) is 5.91 Å². The molecule has 2 aromatic heterocycles. The number of fused-ring (bicyclic) bond motifs is 3. The number of likely N-dealkylation sites (tertiary alicyclic amines) is 1. The highest BCUT2D eigenvalue weighted by Crippen LogP contribution is 2.21. The molecule has 3 aromatic rings. The Balaban J connectivity index is 1.53. The van der Waals surface area contributed by atoms with Crippen molar-refractivity contribution in [3.05, 3.63) is 46.4 Å². The number of rotatable bonds is 5. The number of aryl methyl sites for hydroxylation is 1. The van der Waals surface area contributed by atoms with E-state index in [1.54, 1.807) is 0 Å². The molecule has 1 aliphatic rings. The number of aromatic nitrogens is 3. The van der Waals surface area contributed by atoms with Crippen LogP contribution in [0.5, 0.6) is 0 Å². The first-order valence-corrected chi connectivity index (χ1v) is 10.0. The minimum Gasteiger partial charge on any atom is -0.353 e. The van der Waals surface area contributed by atoms with Gasteiger partial charge in [-0.25, -0.2) is 4.52 Å². The molecular formula is C21H27N5O2. The summed E-state index contributed by atoms with van der Waals surface area (Å²) in [6.45, 7) is 6.95. The van der Waals surface area contributed by atoms with Crippen molar-refractivity contribution in [3.63, 3.8) is 0 Å². The van der Waals surface area contributed by atoms with Crippen LogP contribution in [0.25, 0.3) is 16.6 Å². The highest BCUT2D eigenvalue weighted by Gasteiger charge is 2.18. The quantitative estimate of drug-likeness (QED) is 0.733. The van der Waals surface area contributed by atoms with Crippen molar-refractivity contribution in [2.24, 2.45) is 0 Å². The summed E-state index contributed by atoms with van der Waals surface area (Å²) >= 11 is 0. The van der Waals surface area contributed by atoms with E-state index in [0.29, 0.717) is 18.2 Å². The Kier molecular flexibility index (Phi) is 5.17. The van der Waals surface area contributed by atoms with Gasteiger partial charge in [0.15, 0.2) is 5.65 Å². The Hall–Kier alpha value is -2.67. The van der Waals surface area contributed by atoms with E-state index in [1.807, 2.05) is 40.4 Å². The molecule has 0 unspecified atom stereocenters. The summed E-state index contributed by atoms with van der Waals surface area (Å²) in [5.41, 5.74) is 1.99. The van der Waals surface area contributed by atoms with Crippen molar-refractivity contribution in [3.8, 4) is 0 Å². The number of carbonyl (C=O) groups is 1. The van der Waals surface area contributed by atoms with Gasteiger partial charge in [0.05, 0.1) is 5.52 Å². The zero-order valence-corrected chi connectivity index (χ0v) is 16.5. The lowest BCUT2D eigenvalue weighted by atomic mass is 10.0. The minimum absolute atomic E-state index is 0.0367. The molecule has 1 saturated heterocycles. The number of nitrogens with one attached hydrogen (secondary N) is 1. The lowest BCUT2D eigenvalue weighted by molar-refractivity contribution is -0.121. The number of hydrogen-bond acceptors (Lipinski definition) is 4. The number of carbonyl (C=O) groups excluding carboxylic acids is 1. The van der Waals surface area contributed by atoms with Gasteiger partial charge in [0.25, 0.3) is 5.56 Å². The van der Waals surface area contributed by atoms with Gasteiger partial charge in [-0.15, -0.1) is 0 Å². The van der Waals surface area contributed by atoms with Crippen molar-refractivity contribution in [1.29, 1.82) is 0 Å². The van der Waals surface area contributed by atoms with E-state index in [0.717, 1.165) is 29.7 Å². The first-order valence-electron chi connectivity index (χ1n) is 10.0. The number of benzene rings is 1. The molecule has 1 amide bonds. The molecule has 1 N–H and O–H groups in total. The number of hydrogen-bond donors (Lipinski definition) is 1. The molecule has 0 radical (unpaired) electrons. The molecule has 3 heterocycles. The van der Waals surface area contributed by atoms with Crippen LogP contribution < -0.4 is 10.9 Å². The third-order valence-electron chi connectivity index (χ3n) is 5.70. The van der Waals surface area contributed by atoms with Crippen molar-refractivity contribution >= 4 is 22.5 Å². The van der Waals surface area contributed by atoms with E-state index >= 15 is 0 Å². The molecule has 1 aromatic carbocycles. The summed E-state index contributed by atoms with van der Waals surface area (Å²) < 4.78 is 3.75. The Morgan fingerprint density at radius 2 is 2.11 bits per heavy atom. The lowest BCUT2D eigenvalue weighted by Gasteiger charge is -2.33. The molecule has 1 atom stereocenters. The fourth-order valence-corrected chi connectivity index (χ4v) is 4.24. The molecule has 148 valence electrons. The second kappa shape index (κ2) is 7.75. The monoisotopic (exact) mass is 381 g/mol. The second-order valence-electron chi connectivity index (χ2n) is 7.68. The van der Waals surface area contributed by atoms with E-state index in [4.69, 9.17) is 0 Å². The van der Waals surface area contributed by atoms with Crippen LogP contribution in [-0.4, -0.2) is 50.7 Å². The number of para-hydroxylation sites is 1. The molecule has 0 spiro atoms. The molecule has 7 heteroatoms. The lowest BCUT2D eigenvalue weighted by Crippen LogP contribution is -2.43. The molecule has 0 bridgehead atoms. The SMILES string of the molecule is Cc1cc(=O)nc2c3ccccc3n(CC(=O)NCCN3CCCC[C@@H]3C)n12. The molecule has 1 aliphatic heterocycles. The molecule has 0 saturated carbocycles. The maximum atomic E-state index is 12.7. The van der Waals surface area contributed by atoms with Gasteiger partial charge in [-0.05, 0) is 45.4 Å². The van der Waals surface area contributed by atoms with Crippen LogP contribution in [0.3, 0.4) is 0 Å². The van der Waals surface area contributed by atoms with Crippen molar-refractivity contribution in [2.45, 2.75) is 45.7 Å². The predicted octanol–water partition coefficient (Wildman–Crippen LogP) is 1.95. The molecule has 28 heavy (non-hydrogen) atoms. The van der Waals surface area contributed by atoms with Crippen LogP contribution in [0.2, 0.25) is 0 Å². The predicted molar refractivity (Wildman–Crippen MR) is 110 cm³/mol. The highest BCUT2D eigenvalue weighted by atomic mass is 16.2. The maximum absolute atomic E-state index is 12.7.